The van der Waals surface area contributed by atoms with Crippen molar-refractivity contribution in [1.29, 1.82) is 0 Å². The van der Waals surface area contributed by atoms with E-state index in [1.54, 1.807) is 0 Å². The summed E-state index contributed by atoms with van der Waals surface area (Å²) in [7, 11) is 9.75. The quantitative estimate of drug-likeness (QED) is 0.428. The summed E-state index contributed by atoms with van der Waals surface area (Å²) in [6, 6.07) is 13.1. The average molecular weight is 490 g/mol. The van der Waals surface area contributed by atoms with Crippen LogP contribution in [0.3, 0.4) is 0 Å². The Labute approximate surface area is 133 Å². The van der Waals surface area contributed by atoms with Crippen molar-refractivity contribution in [2.45, 2.75) is 6.04 Å². The number of hydrogen-bond acceptors (Lipinski definition) is 1. The van der Waals surface area contributed by atoms with Crippen molar-refractivity contribution in [3.05, 3.63) is 59.5 Å². The summed E-state index contributed by atoms with van der Waals surface area (Å²) in [6.07, 6.45) is 0. The van der Waals surface area contributed by atoms with Gasteiger partial charge in [0.05, 0.1) is 0 Å². The van der Waals surface area contributed by atoms with Crippen LogP contribution >= 0.6 is 18.8 Å². The Hall–Kier alpha value is -0.572. The predicted molar refractivity (Wildman–Crippen MR) is 81.7 cm³/mol. The maximum Gasteiger partial charge on any atom is 0.135 e. The molecule has 0 fully saturated rings. The van der Waals surface area contributed by atoms with Gasteiger partial charge in [0.2, 0.25) is 0 Å². The Morgan fingerprint density at radius 2 is 1.70 bits per heavy atom. The van der Waals surface area contributed by atoms with E-state index in [1.807, 2.05) is 42.5 Å². The first kappa shape index (κ1) is 15.8. The maximum absolute atomic E-state index is 7.78. The van der Waals surface area contributed by atoms with Gasteiger partial charge >= 0.3 is 35.3 Å². The normalized spacial score (nSPS) is 12.4. The number of furan rings is 1. The summed E-state index contributed by atoms with van der Waals surface area (Å²) in [5, 5.41) is 2.10. The van der Waals surface area contributed by atoms with Gasteiger partial charge in [0, 0.05) is 10.8 Å². The fourth-order valence-electron chi connectivity index (χ4n) is 2.08. The third-order valence-electron chi connectivity index (χ3n) is 3.01. The molecule has 3 rings (SSSR count). The number of fused-ring (bicyclic) bond motifs is 3. The predicted octanol–water partition coefficient (Wildman–Crippen LogP) is 6.11. The SMILES string of the molecule is [Cl][Pt+2][Cl].[NH-]CC([NH-])c1ccc2oc3ccccc3c2c1. The molecule has 2 aromatic carbocycles. The Bertz CT molecular complexity index is 702. The van der Waals surface area contributed by atoms with Crippen LogP contribution in [0.2, 0.25) is 0 Å². The van der Waals surface area contributed by atoms with Crippen LogP contribution < -0.4 is 0 Å². The van der Waals surface area contributed by atoms with E-state index in [0.717, 1.165) is 27.5 Å². The average Bonchev–Trinajstić information content (AvgIpc) is 2.85. The molecule has 0 aliphatic carbocycles. The number of halogens is 2. The summed E-state index contributed by atoms with van der Waals surface area (Å²) in [4.78, 5) is 0. The van der Waals surface area contributed by atoms with Crippen molar-refractivity contribution in [1.82, 2.24) is 0 Å². The molecule has 0 aliphatic rings. The zero-order valence-electron chi connectivity index (χ0n) is 10.3. The van der Waals surface area contributed by atoms with E-state index in [0.29, 0.717) is 0 Å². The number of benzene rings is 2. The summed E-state index contributed by atoms with van der Waals surface area (Å²) in [6.45, 7) is 0.0846. The first-order valence-electron chi connectivity index (χ1n) is 5.80. The Balaban J connectivity index is 0.000000452. The fraction of sp³-hybridized carbons (Fsp3) is 0.143. The van der Waals surface area contributed by atoms with Crippen LogP contribution in [0.25, 0.3) is 33.4 Å². The molecule has 0 saturated heterocycles. The number of hydrogen-bond donors (Lipinski definition) is 0. The minimum Gasteiger partial charge on any atom is -0.678 e. The van der Waals surface area contributed by atoms with Gasteiger partial charge in [-0.05, 0) is 18.2 Å². The molecule has 20 heavy (non-hydrogen) atoms. The standard InChI is InChI=1S/C14H12N2O.2ClH.Pt/c15-8-12(16)9-5-6-14-11(7-9)10-3-1-2-4-13(10)17-14;;;/h1-7,12,15-16H,8H2;2*1H;/q-2;;;+4/p-2. The molecule has 1 heterocycles. The van der Waals surface area contributed by atoms with Crippen molar-refractivity contribution in [2.24, 2.45) is 0 Å². The van der Waals surface area contributed by atoms with E-state index in [9.17, 15) is 0 Å². The molecule has 3 aromatic rings. The number of para-hydroxylation sites is 1. The minimum atomic E-state index is -0.479. The molecule has 0 bridgehead atoms. The van der Waals surface area contributed by atoms with Crippen LogP contribution in [0.4, 0.5) is 0 Å². The van der Waals surface area contributed by atoms with E-state index in [-0.39, 0.29) is 6.54 Å². The van der Waals surface area contributed by atoms with Crippen molar-refractivity contribution < 1.29 is 20.9 Å². The third-order valence-corrected chi connectivity index (χ3v) is 3.01. The topological polar surface area (TPSA) is 60.7 Å². The van der Waals surface area contributed by atoms with Crippen LogP contribution in [0.15, 0.2) is 46.9 Å². The molecule has 2 N–H and O–H groups in total. The van der Waals surface area contributed by atoms with Crippen molar-refractivity contribution in [3.8, 4) is 0 Å². The molecule has 0 saturated carbocycles. The molecular formula is C14H12Cl2N2OPt. The van der Waals surface area contributed by atoms with Gasteiger partial charge in [-0.3, -0.25) is 0 Å². The van der Waals surface area contributed by atoms with Gasteiger partial charge in [0.25, 0.3) is 0 Å². The Morgan fingerprint density at radius 1 is 1.05 bits per heavy atom. The van der Waals surface area contributed by atoms with E-state index in [4.69, 9.17) is 34.7 Å². The van der Waals surface area contributed by atoms with Crippen LogP contribution in [0, 0.1) is 0 Å². The second kappa shape index (κ2) is 7.44. The first-order valence-corrected chi connectivity index (χ1v) is 11.4. The molecule has 0 radical (unpaired) electrons. The van der Waals surface area contributed by atoms with Gasteiger partial charge in [-0.1, -0.05) is 29.8 Å². The molecule has 0 spiro atoms. The zero-order valence-corrected chi connectivity index (χ0v) is 14.1. The number of nitrogens with one attached hydrogen (secondary N) is 2. The second-order valence-electron chi connectivity index (χ2n) is 4.16. The van der Waals surface area contributed by atoms with Gasteiger partial charge in [-0.2, -0.15) is 6.54 Å². The van der Waals surface area contributed by atoms with E-state index < -0.39 is 22.5 Å². The first-order chi connectivity index (χ1) is 9.71. The van der Waals surface area contributed by atoms with Crippen molar-refractivity contribution in [3.63, 3.8) is 0 Å². The maximum atomic E-state index is 7.78. The van der Waals surface area contributed by atoms with E-state index in [2.05, 4.69) is 0 Å². The van der Waals surface area contributed by atoms with Crippen LogP contribution in [-0.4, -0.2) is 6.54 Å². The van der Waals surface area contributed by atoms with Crippen LogP contribution in [0.1, 0.15) is 11.6 Å². The van der Waals surface area contributed by atoms with Crippen molar-refractivity contribution in [2.75, 3.05) is 6.54 Å². The molecule has 1 atom stereocenters. The van der Waals surface area contributed by atoms with E-state index in [1.165, 1.54) is 0 Å². The summed E-state index contributed by atoms with van der Waals surface area (Å²) >= 11 is -0.472. The second-order valence-corrected chi connectivity index (χ2v) is 7.44. The van der Waals surface area contributed by atoms with Crippen LogP contribution in [-0.2, 0) is 16.5 Å². The molecule has 3 nitrogen and oxygen atoms in total. The molecule has 1 aromatic heterocycles. The van der Waals surface area contributed by atoms with Gasteiger partial charge in [-0.15, -0.1) is 6.04 Å². The minimum absolute atomic E-state index is 0.0846. The zero-order chi connectivity index (χ0) is 14.5. The largest absolute Gasteiger partial charge is 0.678 e. The Kier molecular flexibility index (Phi) is 5.88. The molecular weight excluding hydrogens is 478 g/mol. The molecule has 6 heteroatoms. The number of rotatable bonds is 2. The smallest absolute Gasteiger partial charge is 0.135 e. The molecule has 1 unspecified atom stereocenters. The van der Waals surface area contributed by atoms with E-state index >= 15 is 0 Å². The van der Waals surface area contributed by atoms with Gasteiger partial charge < -0.3 is 15.9 Å². The summed E-state index contributed by atoms with van der Waals surface area (Å²) in [5.41, 5.74) is 17.6. The summed E-state index contributed by atoms with van der Waals surface area (Å²) < 4.78 is 5.71. The Morgan fingerprint density at radius 3 is 2.40 bits per heavy atom. The molecule has 108 valence electrons. The monoisotopic (exact) mass is 489 g/mol. The molecule has 0 aliphatic heterocycles. The molecule has 0 amide bonds. The third kappa shape index (κ3) is 3.36. The van der Waals surface area contributed by atoms with Gasteiger partial charge in [-0.25, -0.2) is 0 Å². The van der Waals surface area contributed by atoms with Gasteiger partial charge in [0.1, 0.15) is 11.2 Å². The fourth-order valence-corrected chi connectivity index (χ4v) is 2.08. The van der Waals surface area contributed by atoms with Crippen LogP contribution in [0.5, 0.6) is 0 Å². The van der Waals surface area contributed by atoms with Crippen molar-refractivity contribution >= 4 is 40.8 Å². The van der Waals surface area contributed by atoms with Gasteiger partial charge in [0.15, 0.2) is 0 Å². The summed E-state index contributed by atoms with van der Waals surface area (Å²) in [5.74, 6) is 0.